The standard InChI is InChI=1S/C33H37N5O5S2/c1-5-43-32(41)30-24-8-6-7-9-26(24)45-31(30)35-29(40)19-44-33-37-36-27(38(33)25-16-20(2)10-11-21(25)3)18-34-28(39)17-22-12-14-23(42-4)15-13-22/h10-16H,5-9,17-19H2,1-4H3,(H,34,39)(H,35,40). The van der Waals surface area contributed by atoms with E-state index in [-0.39, 0.29) is 37.1 Å². The Hall–Kier alpha value is -4.16. The molecule has 1 aliphatic rings. The number of rotatable bonds is 12. The number of esters is 1. The molecule has 2 heterocycles. The Morgan fingerprint density at radius 1 is 1.02 bits per heavy atom. The number of methoxy groups -OCH3 is 1. The van der Waals surface area contributed by atoms with Gasteiger partial charge in [-0.25, -0.2) is 4.79 Å². The minimum atomic E-state index is -0.395. The molecule has 45 heavy (non-hydrogen) atoms. The SMILES string of the molecule is CCOC(=O)c1c(NC(=O)CSc2nnc(CNC(=O)Cc3ccc(OC)cc3)n2-c2cc(C)ccc2C)sc2c1CCCC2. The topological polar surface area (TPSA) is 124 Å². The number of carbonyl (C=O) groups excluding carboxylic acids is 3. The van der Waals surface area contributed by atoms with Crippen LogP contribution in [0.15, 0.2) is 47.6 Å². The fourth-order valence-electron chi connectivity index (χ4n) is 5.25. The van der Waals surface area contributed by atoms with E-state index in [0.717, 1.165) is 64.3 Å². The zero-order chi connectivity index (χ0) is 31.9. The summed E-state index contributed by atoms with van der Waals surface area (Å²) in [4.78, 5) is 40.0. The lowest BCUT2D eigenvalue weighted by Gasteiger charge is -2.14. The average Bonchev–Trinajstić information content (AvgIpc) is 3.61. The zero-order valence-electron chi connectivity index (χ0n) is 25.9. The highest BCUT2D eigenvalue weighted by atomic mass is 32.2. The Balaban J connectivity index is 1.32. The summed E-state index contributed by atoms with van der Waals surface area (Å²) in [7, 11) is 1.60. The van der Waals surface area contributed by atoms with Crippen LogP contribution in [0.4, 0.5) is 5.00 Å². The van der Waals surface area contributed by atoms with Crippen molar-refractivity contribution < 1.29 is 23.9 Å². The molecule has 5 rings (SSSR count). The molecule has 0 saturated heterocycles. The first kappa shape index (κ1) is 32.2. The third-order valence-corrected chi connectivity index (χ3v) is 9.65. The molecule has 2 N–H and O–H groups in total. The molecule has 0 atom stereocenters. The number of benzene rings is 2. The molecule has 0 spiro atoms. The summed E-state index contributed by atoms with van der Waals surface area (Å²) in [5.74, 6) is 0.527. The number of nitrogens with one attached hydrogen (secondary N) is 2. The van der Waals surface area contributed by atoms with Gasteiger partial charge in [0.05, 0.1) is 43.7 Å². The highest BCUT2D eigenvalue weighted by molar-refractivity contribution is 7.99. The van der Waals surface area contributed by atoms with Gasteiger partial charge in [0.25, 0.3) is 0 Å². The van der Waals surface area contributed by atoms with Gasteiger partial charge in [-0.3, -0.25) is 14.2 Å². The molecule has 0 radical (unpaired) electrons. The van der Waals surface area contributed by atoms with Crippen molar-refractivity contribution in [2.24, 2.45) is 0 Å². The smallest absolute Gasteiger partial charge is 0.341 e. The first-order chi connectivity index (χ1) is 21.8. The number of amides is 2. The lowest BCUT2D eigenvalue weighted by atomic mass is 9.95. The fourth-order valence-corrected chi connectivity index (χ4v) is 7.30. The van der Waals surface area contributed by atoms with Gasteiger partial charge in [-0.15, -0.1) is 21.5 Å². The van der Waals surface area contributed by atoms with Crippen molar-refractivity contribution in [1.82, 2.24) is 20.1 Å². The van der Waals surface area contributed by atoms with Crippen LogP contribution in [0.1, 0.15) is 63.1 Å². The van der Waals surface area contributed by atoms with E-state index >= 15 is 0 Å². The number of nitrogens with zero attached hydrogens (tertiary/aromatic N) is 3. The van der Waals surface area contributed by atoms with E-state index in [1.807, 2.05) is 60.9 Å². The van der Waals surface area contributed by atoms with Crippen LogP contribution in [0.5, 0.6) is 5.75 Å². The Morgan fingerprint density at radius 3 is 2.56 bits per heavy atom. The normalized spacial score (nSPS) is 12.4. The molecule has 1 aliphatic carbocycles. The number of hydrogen-bond donors (Lipinski definition) is 2. The molecule has 2 amide bonds. The fraction of sp³-hybridized carbons (Fsp3) is 0.364. The average molecular weight is 648 g/mol. The van der Waals surface area contributed by atoms with Crippen LogP contribution in [-0.2, 0) is 40.1 Å². The van der Waals surface area contributed by atoms with Crippen molar-refractivity contribution in [3.8, 4) is 11.4 Å². The van der Waals surface area contributed by atoms with E-state index in [1.54, 1.807) is 14.0 Å². The third kappa shape index (κ3) is 7.74. The minimum Gasteiger partial charge on any atom is -0.497 e. The van der Waals surface area contributed by atoms with Crippen LogP contribution in [0, 0.1) is 13.8 Å². The Labute approximate surface area is 270 Å². The number of carbonyl (C=O) groups is 3. The van der Waals surface area contributed by atoms with E-state index in [0.29, 0.717) is 21.5 Å². The second-order valence-electron chi connectivity index (χ2n) is 10.8. The summed E-state index contributed by atoms with van der Waals surface area (Å²) in [5, 5.41) is 15.8. The van der Waals surface area contributed by atoms with Gasteiger partial charge in [0.15, 0.2) is 11.0 Å². The molecule has 0 unspecified atom stereocenters. The van der Waals surface area contributed by atoms with Gasteiger partial charge in [0.1, 0.15) is 10.8 Å². The largest absolute Gasteiger partial charge is 0.497 e. The first-order valence-electron chi connectivity index (χ1n) is 14.9. The predicted octanol–water partition coefficient (Wildman–Crippen LogP) is 5.60. The molecular weight excluding hydrogens is 611 g/mol. The van der Waals surface area contributed by atoms with Crippen molar-refractivity contribution in [2.45, 2.75) is 64.6 Å². The molecule has 0 fully saturated rings. The van der Waals surface area contributed by atoms with Gasteiger partial charge in [0.2, 0.25) is 11.8 Å². The van der Waals surface area contributed by atoms with Gasteiger partial charge < -0.3 is 20.1 Å². The van der Waals surface area contributed by atoms with Crippen LogP contribution < -0.4 is 15.4 Å². The van der Waals surface area contributed by atoms with Crippen LogP contribution in [0.2, 0.25) is 0 Å². The lowest BCUT2D eigenvalue weighted by Crippen LogP contribution is -2.26. The maximum absolute atomic E-state index is 13.2. The van der Waals surface area contributed by atoms with Gasteiger partial charge in [0, 0.05) is 4.88 Å². The van der Waals surface area contributed by atoms with E-state index in [1.165, 1.54) is 23.1 Å². The monoisotopic (exact) mass is 647 g/mol. The van der Waals surface area contributed by atoms with Crippen molar-refractivity contribution in [1.29, 1.82) is 0 Å². The van der Waals surface area contributed by atoms with Crippen LogP contribution >= 0.6 is 23.1 Å². The second kappa shape index (κ2) is 14.7. The van der Waals surface area contributed by atoms with Crippen molar-refractivity contribution >= 4 is 45.9 Å². The number of aryl methyl sites for hydroxylation is 3. The van der Waals surface area contributed by atoms with Crippen LogP contribution in [-0.4, -0.2) is 52.0 Å². The first-order valence-corrected chi connectivity index (χ1v) is 16.7. The highest BCUT2D eigenvalue weighted by Crippen LogP contribution is 2.39. The molecular formula is C33H37N5O5S2. The summed E-state index contributed by atoms with van der Waals surface area (Å²) in [6, 6.07) is 13.4. The lowest BCUT2D eigenvalue weighted by molar-refractivity contribution is -0.120. The van der Waals surface area contributed by atoms with Gasteiger partial charge in [-0.2, -0.15) is 0 Å². The molecule has 236 valence electrons. The molecule has 10 nitrogen and oxygen atoms in total. The minimum absolute atomic E-state index is 0.0532. The van der Waals surface area contributed by atoms with E-state index in [9.17, 15) is 14.4 Å². The number of hydrogen-bond acceptors (Lipinski definition) is 9. The summed E-state index contributed by atoms with van der Waals surface area (Å²) in [6.45, 7) is 6.21. The molecule has 2 aromatic carbocycles. The van der Waals surface area contributed by atoms with Crippen molar-refractivity contribution in [3.63, 3.8) is 0 Å². The number of fused-ring (bicyclic) bond motifs is 1. The zero-order valence-corrected chi connectivity index (χ0v) is 27.5. The molecule has 0 saturated carbocycles. The Kier molecular flexibility index (Phi) is 10.6. The Morgan fingerprint density at radius 2 is 1.80 bits per heavy atom. The predicted molar refractivity (Wildman–Crippen MR) is 176 cm³/mol. The molecule has 0 aliphatic heterocycles. The van der Waals surface area contributed by atoms with Gasteiger partial charge >= 0.3 is 5.97 Å². The third-order valence-electron chi connectivity index (χ3n) is 7.51. The van der Waals surface area contributed by atoms with Crippen LogP contribution in [0.25, 0.3) is 5.69 Å². The van der Waals surface area contributed by atoms with E-state index in [4.69, 9.17) is 9.47 Å². The van der Waals surface area contributed by atoms with Gasteiger partial charge in [-0.05, 0) is 86.9 Å². The Bertz CT molecular complexity index is 1700. The van der Waals surface area contributed by atoms with Crippen LogP contribution in [0.3, 0.4) is 0 Å². The van der Waals surface area contributed by atoms with E-state index < -0.39 is 5.97 Å². The number of aromatic nitrogens is 3. The molecule has 12 heteroatoms. The summed E-state index contributed by atoms with van der Waals surface area (Å²) in [6.07, 6.45) is 4.00. The van der Waals surface area contributed by atoms with Crippen molar-refractivity contribution in [2.75, 3.05) is 24.8 Å². The molecule has 0 bridgehead atoms. The number of anilines is 1. The van der Waals surface area contributed by atoms with Crippen molar-refractivity contribution in [3.05, 3.63) is 81.0 Å². The second-order valence-corrected chi connectivity index (χ2v) is 12.8. The highest BCUT2D eigenvalue weighted by Gasteiger charge is 2.27. The summed E-state index contributed by atoms with van der Waals surface area (Å²) >= 11 is 2.71. The summed E-state index contributed by atoms with van der Waals surface area (Å²) < 4.78 is 12.4. The molecule has 2 aromatic heterocycles. The summed E-state index contributed by atoms with van der Waals surface area (Å²) in [5.41, 5.74) is 5.28. The quantitative estimate of drug-likeness (QED) is 0.151. The maximum Gasteiger partial charge on any atom is 0.341 e. The molecule has 4 aromatic rings. The number of thiophene rings is 1. The van der Waals surface area contributed by atoms with Gasteiger partial charge in [-0.1, -0.05) is 36.0 Å². The number of thioether (sulfide) groups is 1. The number of ether oxygens (including phenoxy) is 2. The maximum atomic E-state index is 13.2. The van der Waals surface area contributed by atoms with E-state index in [2.05, 4.69) is 20.8 Å².